The van der Waals surface area contributed by atoms with Gasteiger partial charge in [-0.2, -0.15) is 8.78 Å². The van der Waals surface area contributed by atoms with Gasteiger partial charge in [0.2, 0.25) is 0 Å². The summed E-state index contributed by atoms with van der Waals surface area (Å²) in [6.45, 7) is -1.76. The summed E-state index contributed by atoms with van der Waals surface area (Å²) in [4.78, 5) is 23.0. The quantitative estimate of drug-likeness (QED) is 0.137. The molecule has 4 nitrogen and oxygen atoms in total. The normalized spacial score (nSPS) is 11.6. The minimum absolute atomic E-state index is 0.142. The average molecular weight is 494 g/mol. The lowest BCUT2D eigenvalue weighted by molar-refractivity contribution is -0.179. The average Bonchev–Trinajstić information content (AvgIpc) is 2.60. The van der Waals surface area contributed by atoms with Crippen molar-refractivity contribution in [2.45, 2.75) is 31.6 Å². The predicted octanol–water partition coefficient (Wildman–Crippen LogP) is 6.47. The number of ether oxygens (including phenoxy) is 2. The van der Waals surface area contributed by atoms with Crippen LogP contribution in [-0.4, -0.2) is 30.9 Å². The molecule has 1 aromatic rings. The monoisotopic (exact) mass is 492 g/mol. The van der Waals surface area contributed by atoms with E-state index in [1.807, 2.05) is 0 Å². The van der Waals surface area contributed by atoms with Crippen LogP contribution >= 0.6 is 58.0 Å². The first-order valence-electron chi connectivity index (χ1n) is 6.92. The van der Waals surface area contributed by atoms with Gasteiger partial charge in [-0.1, -0.05) is 58.0 Å². The standard InChI is InChI=1S/C14H9Cl5F4O4/c15-7-8(16)10(18)12(11(19)9(7)17)27-6(25)3-1-2-5(24)26-4-14(22,23)13(20)21/h13H,1-4H2. The van der Waals surface area contributed by atoms with Gasteiger partial charge in [-0.3, -0.25) is 9.59 Å². The Morgan fingerprint density at radius 2 is 1.30 bits per heavy atom. The molecule has 0 spiro atoms. The van der Waals surface area contributed by atoms with E-state index in [1.165, 1.54) is 0 Å². The van der Waals surface area contributed by atoms with E-state index < -0.39 is 37.3 Å². The number of rotatable bonds is 8. The molecule has 0 heterocycles. The highest BCUT2D eigenvalue weighted by Crippen LogP contribution is 2.48. The molecule has 0 aromatic heterocycles. The first-order valence-corrected chi connectivity index (χ1v) is 8.81. The van der Waals surface area contributed by atoms with Crippen molar-refractivity contribution in [2.24, 2.45) is 0 Å². The second kappa shape index (κ2) is 10.2. The molecular formula is C14H9Cl5F4O4. The van der Waals surface area contributed by atoms with Gasteiger partial charge in [-0.15, -0.1) is 0 Å². The van der Waals surface area contributed by atoms with Gasteiger partial charge in [0.25, 0.3) is 0 Å². The maximum absolute atomic E-state index is 12.6. The number of carbonyl (C=O) groups excluding carboxylic acids is 2. The molecular weight excluding hydrogens is 485 g/mol. The predicted molar refractivity (Wildman–Crippen MR) is 92.9 cm³/mol. The lowest BCUT2D eigenvalue weighted by atomic mass is 10.2. The second-order valence-corrected chi connectivity index (χ2v) is 6.84. The van der Waals surface area contributed by atoms with Crippen molar-refractivity contribution in [2.75, 3.05) is 6.61 Å². The zero-order valence-electron chi connectivity index (χ0n) is 12.9. The molecule has 0 radical (unpaired) electrons. The van der Waals surface area contributed by atoms with Crippen LogP contribution in [0.3, 0.4) is 0 Å². The van der Waals surface area contributed by atoms with Gasteiger partial charge in [-0.05, 0) is 6.42 Å². The highest BCUT2D eigenvalue weighted by atomic mass is 35.5. The molecule has 0 atom stereocenters. The van der Waals surface area contributed by atoms with Crippen molar-refractivity contribution < 1.29 is 36.6 Å². The number of esters is 2. The van der Waals surface area contributed by atoms with Crippen molar-refractivity contribution in [3.8, 4) is 5.75 Å². The van der Waals surface area contributed by atoms with E-state index in [2.05, 4.69) is 4.74 Å². The van der Waals surface area contributed by atoms with Crippen molar-refractivity contribution in [3.63, 3.8) is 0 Å². The number of hydrogen-bond donors (Lipinski definition) is 0. The Bertz CT molecular complexity index is 701. The Morgan fingerprint density at radius 1 is 0.852 bits per heavy atom. The lowest BCUT2D eigenvalue weighted by Crippen LogP contribution is -2.33. The minimum Gasteiger partial charge on any atom is -0.459 e. The molecule has 0 unspecified atom stereocenters. The molecule has 0 aliphatic carbocycles. The van der Waals surface area contributed by atoms with Gasteiger partial charge >= 0.3 is 24.3 Å². The van der Waals surface area contributed by atoms with Crippen LogP contribution in [0.15, 0.2) is 0 Å². The number of halogens is 9. The van der Waals surface area contributed by atoms with E-state index in [4.69, 9.17) is 62.7 Å². The van der Waals surface area contributed by atoms with Crippen molar-refractivity contribution >= 4 is 69.9 Å². The van der Waals surface area contributed by atoms with Crippen LogP contribution in [0, 0.1) is 0 Å². The molecule has 0 saturated carbocycles. The molecule has 1 rings (SSSR count). The second-order valence-electron chi connectivity index (χ2n) is 4.95. The molecule has 0 amide bonds. The molecule has 0 aliphatic heterocycles. The van der Waals surface area contributed by atoms with Crippen LogP contribution in [0.5, 0.6) is 5.75 Å². The minimum atomic E-state index is -4.45. The van der Waals surface area contributed by atoms with E-state index in [-0.39, 0.29) is 43.7 Å². The Kier molecular flexibility index (Phi) is 9.21. The third-order valence-corrected chi connectivity index (χ3v) is 5.13. The molecule has 0 aliphatic rings. The van der Waals surface area contributed by atoms with Crippen molar-refractivity contribution in [1.82, 2.24) is 0 Å². The summed E-state index contributed by atoms with van der Waals surface area (Å²) < 4.78 is 58.0. The number of hydrogen-bond acceptors (Lipinski definition) is 4. The first-order chi connectivity index (χ1) is 12.4. The molecule has 0 N–H and O–H groups in total. The Morgan fingerprint density at radius 3 is 1.78 bits per heavy atom. The fourth-order valence-electron chi connectivity index (χ4n) is 1.53. The van der Waals surface area contributed by atoms with Crippen molar-refractivity contribution in [1.29, 1.82) is 0 Å². The van der Waals surface area contributed by atoms with Crippen molar-refractivity contribution in [3.05, 3.63) is 25.1 Å². The van der Waals surface area contributed by atoms with Crippen LogP contribution in [0.1, 0.15) is 19.3 Å². The maximum atomic E-state index is 12.6. The van der Waals surface area contributed by atoms with Gasteiger partial charge < -0.3 is 9.47 Å². The molecule has 1 aromatic carbocycles. The molecule has 152 valence electrons. The third kappa shape index (κ3) is 6.71. The zero-order valence-corrected chi connectivity index (χ0v) is 16.7. The smallest absolute Gasteiger partial charge is 0.340 e. The van der Waals surface area contributed by atoms with Gasteiger partial charge in [0.05, 0.1) is 15.1 Å². The van der Waals surface area contributed by atoms with E-state index in [9.17, 15) is 27.2 Å². The SMILES string of the molecule is O=C(CCCC(=O)Oc1c(Cl)c(Cl)c(Cl)c(Cl)c1Cl)OCC(F)(F)C(F)F. The van der Waals surface area contributed by atoms with Gasteiger partial charge in [0, 0.05) is 12.8 Å². The molecule has 27 heavy (non-hydrogen) atoms. The van der Waals surface area contributed by atoms with E-state index >= 15 is 0 Å². The Labute approximate surface area is 175 Å². The Balaban J connectivity index is 2.55. The largest absolute Gasteiger partial charge is 0.459 e. The fourth-order valence-corrected chi connectivity index (χ4v) is 2.73. The summed E-state index contributed by atoms with van der Waals surface area (Å²) in [5, 5.41) is -1.06. The molecule has 0 fully saturated rings. The number of alkyl halides is 4. The molecule has 0 bridgehead atoms. The number of carbonyl (C=O) groups is 2. The topological polar surface area (TPSA) is 52.6 Å². The number of benzene rings is 1. The van der Waals surface area contributed by atoms with E-state index in [1.54, 1.807) is 0 Å². The summed E-state index contributed by atoms with van der Waals surface area (Å²) in [5.74, 6) is -6.88. The molecule has 13 heteroatoms. The summed E-state index contributed by atoms with van der Waals surface area (Å²) in [7, 11) is 0. The van der Waals surface area contributed by atoms with Gasteiger partial charge in [0.15, 0.2) is 12.4 Å². The third-order valence-electron chi connectivity index (χ3n) is 2.89. The van der Waals surface area contributed by atoms with Crippen LogP contribution in [0.25, 0.3) is 0 Å². The van der Waals surface area contributed by atoms with Crippen LogP contribution < -0.4 is 4.74 Å². The van der Waals surface area contributed by atoms with Gasteiger partial charge in [0.1, 0.15) is 10.0 Å². The maximum Gasteiger partial charge on any atom is 0.340 e. The van der Waals surface area contributed by atoms with Crippen LogP contribution in [0.2, 0.25) is 25.1 Å². The van der Waals surface area contributed by atoms with Crippen LogP contribution in [-0.2, 0) is 14.3 Å². The highest BCUT2D eigenvalue weighted by molar-refractivity contribution is 6.55. The lowest BCUT2D eigenvalue weighted by Gasteiger charge is -2.15. The highest BCUT2D eigenvalue weighted by Gasteiger charge is 2.42. The molecule has 0 saturated heterocycles. The summed E-state index contributed by atoms with van der Waals surface area (Å²) >= 11 is 29.1. The van der Waals surface area contributed by atoms with Crippen LogP contribution in [0.4, 0.5) is 17.6 Å². The summed E-state index contributed by atoms with van der Waals surface area (Å²) in [5.41, 5.74) is 0. The summed E-state index contributed by atoms with van der Waals surface area (Å²) in [6.07, 6.45) is -5.00. The zero-order chi connectivity index (χ0) is 20.9. The van der Waals surface area contributed by atoms with E-state index in [0.29, 0.717) is 0 Å². The first kappa shape index (κ1) is 24.4. The fraction of sp³-hybridized carbons (Fsp3) is 0.429. The van der Waals surface area contributed by atoms with Gasteiger partial charge in [-0.25, -0.2) is 8.78 Å². The van der Waals surface area contributed by atoms with E-state index in [0.717, 1.165) is 0 Å². The Hall–Kier alpha value is -0.670. The summed E-state index contributed by atoms with van der Waals surface area (Å²) in [6, 6.07) is 0.